The topological polar surface area (TPSA) is 43.6 Å². The molecule has 1 fully saturated rings. The van der Waals surface area contributed by atoms with Crippen LogP contribution in [0.3, 0.4) is 0 Å². The third kappa shape index (κ3) is 3.07. The fraction of sp³-hybridized carbons (Fsp3) is 0.312. The highest BCUT2D eigenvalue weighted by molar-refractivity contribution is 7.99. The van der Waals surface area contributed by atoms with E-state index in [0.29, 0.717) is 11.1 Å². The van der Waals surface area contributed by atoms with Crippen LogP contribution in [0.25, 0.3) is 11.2 Å². The molecular weight excluding hydrogens is 331 g/mol. The molecule has 0 N–H and O–H groups in total. The summed E-state index contributed by atoms with van der Waals surface area (Å²) in [5, 5.41) is 1.27. The molecule has 1 aromatic carbocycles. The maximum atomic E-state index is 13.3. The Labute approximate surface area is 141 Å². The molecule has 0 unspecified atom stereocenters. The Morgan fingerprint density at radius 3 is 3.09 bits per heavy atom. The van der Waals surface area contributed by atoms with Crippen LogP contribution in [-0.2, 0) is 5.75 Å². The zero-order chi connectivity index (χ0) is 15.6. The molecular formula is C16H15FN4S2. The third-order valence-electron chi connectivity index (χ3n) is 3.81. The zero-order valence-electron chi connectivity index (χ0n) is 12.4. The minimum atomic E-state index is -0.210. The van der Waals surface area contributed by atoms with E-state index in [0.717, 1.165) is 28.2 Å². The van der Waals surface area contributed by atoms with Crippen molar-refractivity contribution in [1.82, 2.24) is 19.5 Å². The van der Waals surface area contributed by atoms with E-state index in [9.17, 15) is 4.39 Å². The highest BCUT2D eigenvalue weighted by atomic mass is 32.2. The van der Waals surface area contributed by atoms with Crippen LogP contribution in [0.4, 0.5) is 4.39 Å². The van der Waals surface area contributed by atoms with Crippen molar-refractivity contribution >= 4 is 34.7 Å². The first-order valence-corrected chi connectivity index (χ1v) is 9.51. The van der Waals surface area contributed by atoms with Gasteiger partial charge in [0.15, 0.2) is 5.65 Å². The van der Waals surface area contributed by atoms with Crippen molar-refractivity contribution in [2.24, 2.45) is 0 Å². The normalized spacial score (nSPS) is 17.9. The van der Waals surface area contributed by atoms with Crippen molar-refractivity contribution in [2.75, 3.05) is 5.75 Å². The number of rotatable bonds is 4. The Morgan fingerprint density at radius 1 is 1.30 bits per heavy atom. The lowest BCUT2D eigenvalue weighted by atomic mass is 10.2. The lowest BCUT2D eigenvalue weighted by Gasteiger charge is -2.10. The quantitative estimate of drug-likeness (QED) is 0.521. The minimum Gasteiger partial charge on any atom is -0.302 e. The van der Waals surface area contributed by atoms with Crippen LogP contribution in [0, 0.1) is 5.82 Å². The number of halogens is 1. The van der Waals surface area contributed by atoms with Crippen molar-refractivity contribution in [3.8, 4) is 0 Å². The smallest absolute Gasteiger partial charge is 0.165 e. The van der Waals surface area contributed by atoms with Crippen molar-refractivity contribution in [2.45, 2.75) is 29.0 Å². The van der Waals surface area contributed by atoms with Gasteiger partial charge >= 0.3 is 0 Å². The standard InChI is InChI=1S/C16H15FN4S2/c17-12-4-1-3-11(7-12)8-23-16-14-15(18-9-19-16)21(10-20-14)13-5-2-6-22-13/h1,3-4,7,9-10,13H,2,5-6,8H2/t13-/m0/s1. The van der Waals surface area contributed by atoms with Gasteiger partial charge in [0.1, 0.15) is 22.7 Å². The number of nitrogens with zero attached hydrogens (tertiary/aromatic N) is 4. The highest BCUT2D eigenvalue weighted by Gasteiger charge is 2.21. The van der Waals surface area contributed by atoms with Gasteiger partial charge in [-0.3, -0.25) is 0 Å². The van der Waals surface area contributed by atoms with Gasteiger partial charge in [0, 0.05) is 5.75 Å². The molecule has 7 heteroatoms. The van der Waals surface area contributed by atoms with Gasteiger partial charge in [0.05, 0.1) is 11.7 Å². The molecule has 3 heterocycles. The molecule has 0 saturated carbocycles. The number of thioether (sulfide) groups is 2. The first-order chi connectivity index (χ1) is 11.3. The maximum absolute atomic E-state index is 13.3. The van der Waals surface area contributed by atoms with E-state index in [1.165, 1.54) is 18.2 Å². The van der Waals surface area contributed by atoms with Crippen LogP contribution >= 0.6 is 23.5 Å². The number of aromatic nitrogens is 4. The first kappa shape index (κ1) is 15.0. The number of benzene rings is 1. The molecule has 1 saturated heterocycles. The van der Waals surface area contributed by atoms with Gasteiger partial charge < -0.3 is 4.57 Å². The van der Waals surface area contributed by atoms with Crippen molar-refractivity contribution < 1.29 is 4.39 Å². The molecule has 3 aromatic rings. The fourth-order valence-electron chi connectivity index (χ4n) is 2.71. The summed E-state index contributed by atoms with van der Waals surface area (Å²) >= 11 is 3.51. The second-order valence-corrected chi connectivity index (χ2v) is 7.64. The lowest BCUT2D eigenvalue weighted by Crippen LogP contribution is -2.01. The number of hydrogen-bond donors (Lipinski definition) is 0. The number of hydrogen-bond acceptors (Lipinski definition) is 5. The summed E-state index contributed by atoms with van der Waals surface area (Å²) in [6.45, 7) is 0. The van der Waals surface area contributed by atoms with E-state index in [1.807, 2.05) is 24.2 Å². The predicted molar refractivity (Wildman–Crippen MR) is 92.0 cm³/mol. The molecule has 1 aliphatic rings. The molecule has 0 aliphatic carbocycles. The zero-order valence-corrected chi connectivity index (χ0v) is 14.0. The maximum Gasteiger partial charge on any atom is 0.165 e. The molecule has 118 valence electrons. The van der Waals surface area contributed by atoms with Crippen molar-refractivity contribution in [1.29, 1.82) is 0 Å². The largest absolute Gasteiger partial charge is 0.302 e. The SMILES string of the molecule is Fc1cccc(CSc2ncnc3c2ncn3[C@@H]2CCCS2)c1. The highest BCUT2D eigenvalue weighted by Crippen LogP contribution is 2.38. The molecule has 0 amide bonds. The molecule has 4 nitrogen and oxygen atoms in total. The van der Waals surface area contributed by atoms with Gasteiger partial charge in [-0.2, -0.15) is 0 Å². The van der Waals surface area contributed by atoms with E-state index in [2.05, 4.69) is 19.5 Å². The van der Waals surface area contributed by atoms with E-state index in [-0.39, 0.29) is 5.82 Å². The summed E-state index contributed by atoms with van der Waals surface area (Å²) in [5.74, 6) is 1.64. The first-order valence-electron chi connectivity index (χ1n) is 7.47. The molecule has 2 aromatic heterocycles. The Morgan fingerprint density at radius 2 is 2.26 bits per heavy atom. The van der Waals surface area contributed by atoms with E-state index in [4.69, 9.17) is 0 Å². The summed E-state index contributed by atoms with van der Waals surface area (Å²) in [7, 11) is 0. The molecule has 4 rings (SSSR count). The average Bonchev–Trinajstić information content (AvgIpc) is 3.22. The van der Waals surface area contributed by atoms with Crippen LogP contribution in [-0.4, -0.2) is 25.3 Å². The summed E-state index contributed by atoms with van der Waals surface area (Å²) in [6.07, 6.45) is 5.86. The van der Waals surface area contributed by atoms with Crippen LogP contribution in [0.2, 0.25) is 0 Å². The molecule has 23 heavy (non-hydrogen) atoms. The van der Waals surface area contributed by atoms with Gasteiger partial charge in [-0.25, -0.2) is 19.3 Å². The van der Waals surface area contributed by atoms with Crippen molar-refractivity contribution in [3.63, 3.8) is 0 Å². The molecule has 0 radical (unpaired) electrons. The minimum absolute atomic E-state index is 0.210. The van der Waals surface area contributed by atoms with E-state index < -0.39 is 0 Å². The summed E-state index contributed by atoms with van der Waals surface area (Å²) in [6, 6.07) is 6.66. The van der Waals surface area contributed by atoms with Gasteiger partial charge in [0.2, 0.25) is 0 Å². The van der Waals surface area contributed by atoms with Crippen molar-refractivity contribution in [3.05, 3.63) is 48.3 Å². The Kier molecular flexibility index (Phi) is 4.22. The van der Waals surface area contributed by atoms with Gasteiger partial charge in [-0.15, -0.1) is 11.8 Å². The number of fused-ring (bicyclic) bond motifs is 1. The van der Waals surface area contributed by atoms with Gasteiger partial charge in [-0.05, 0) is 36.3 Å². The second-order valence-electron chi connectivity index (χ2n) is 5.39. The van der Waals surface area contributed by atoms with Crippen LogP contribution in [0.5, 0.6) is 0 Å². The Hall–Kier alpha value is -1.60. The van der Waals surface area contributed by atoms with Crippen LogP contribution in [0.15, 0.2) is 41.9 Å². The summed E-state index contributed by atoms with van der Waals surface area (Å²) in [4.78, 5) is 13.3. The van der Waals surface area contributed by atoms with Gasteiger partial charge in [-0.1, -0.05) is 23.9 Å². The third-order valence-corrected chi connectivity index (χ3v) is 6.23. The summed E-state index contributed by atoms with van der Waals surface area (Å²) < 4.78 is 15.4. The summed E-state index contributed by atoms with van der Waals surface area (Å²) in [5.41, 5.74) is 2.66. The Balaban J connectivity index is 1.60. The van der Waals surface area contributed by atoms with E-state index in [1.54, 1.807) is 30.2 Å². The molecule has 1 atom stereocenters. The van der Waals surface area contributed by atoms with E-state index >= 15 is 0 Å². The second kappa shape index (κ2) is 6.49. The number of imidazole rings is 1. The molecule has 0 bridgehead atoms. The lowest BCUT2D eigenvalue weighted by molar-refractivity contribution is 0.626. The van der Waals surface area contributed by atoms with Crippen LogP contribution in [0.1, 0.15) is 23.8 Å². The molecule has 1 aliphatic heterocycles. The average molecular weight is 346 g/mol. The Bertz CT molecular complexity index is 830. The fourth-order valence-corrected chi connectivity index (χ4v) is 4.84. The van der Waals surface area contributed by atoms with Gasteiger partial charge in [0.25, 0.3) is 0 Å². The predicted octanol–water partition coefficient (Wildman–Crippen LogP) is 4.28. The van der Waals surface area contributed by atoms with Crippen LogP contribution < -0.4 is 0 Å². The molecule has 0 spiro atoms. The monoisotopic (exact) mass is 346 g/mol.